The Morgan fingerprint density at radius 2 is 1.97 bits per heavy atom. The lowest BCUT2D eigenvalue weighted by Crippen LogP contribution is -2.21. The van der Waals surface area contributed by atoms with E-state index in [-0.39, 0.29) is 22.9 Å². The second-order valence-corrected chi connectivity index (χ2v) is 6.87. The van der Waals surface area contributed by atoms with E-state index < -0.39 is 23.2 Å². The van der Waals surface area contributed by atoms with Gasteiger partial charge in [0.25, 0.3) is 11.2 Å². The van der Waals surface area contributed by atoms with Crippen molar-refractivity contribution in [3.63, 3.8) is 0 Å². The third-order valence-corrected chi connectivity index (χ3v) is 4.86. The summed E-state index contributed by atoms with van der Waals surface area (Å²) < 4.78 is 28.9. The lowest BCUT2D eigenvalue weighted by atomic mass is 9.96. The second kappa shape index (κ2) is 7.84. The summed E-state index contributed by atoms with van der Waals surface area (Å²) in [6.45, 7) is 9.10. The van der Waals surface area contributed by atoms with E-state index in [1.54, 1.807) is 19.1 Å². The van der Waals surface area contributed by atoms with Crippen LogP contribution in [-0.4, -0.2) is 14.4 Å². The zero-order valence-corrected chi connectivity index (χ0v) is 16.3. The van der Waals surface area contributed by atoms with Gasteiger partial charge in [-0.2, -0.15) is 0 Å². The molecule has 0 aliphatic carbocycles. The molecule has 1 aromatic carbocycles. The van der Waals surface area contributed by atoms with Crippen LogP contribution in [0.15, 0.2) is 59.8 Å². The van der Waals surface area contributed by atoms with Gasteiger partial charge in [0.05, 0.1) is 12.1 Å². The van der Waals surface area contributed by atoms with Crippen LogP contribution in [0.3, 0.4) is 0 Å². The van der Waals surface area contributed by atoms with Crippen molar-refractivity contribution in [2.45, 2.75) is 13.0 Å². The molecule has 0 amide bonds. The molecule has 4 aromatic rings. The van der Waals surface area contributed by atoms with E-state index in [4.69, 9.17) is 12.3 Å². The highest BCUT2D eigenvalue weighted by Gasteiger charge is 2.20. The van der Waals surface area contributed by atoms with E-state index in [2.05, 4.69) is 20.1 Å². The van der Waals surface area contributed by atoms with E-state index in [1.807, 2.05) is 0 Å². The van der Waals surface area contributed by atoms with Crippen molar-refractivity contribution in [1.82, 2.24) is 14.4 Å². The summed E-state index contributed by atoms with van der Waals surface area (Å²) >= 11 is 0. The molecule has 0 spiro atoms. The molecular weight excluding hydrogens is 402 g/mol. The fourth-order valence-corrected chi connectivity index (χ4v) is 3.42. The van der Waals surface area contributed by atoms with Gasteiger partial charge < -0.3 is 11.1 Å². The van der Waals surface area contributed by atoms with Crippen LogP contribution >= 0.6 is 0 Å². The number of hydrogen-bond donors (Lipinski definition) is 2. The molecule has 0 aliphatic rings. The first-order valence-electron chi connectivity index (χ1n) is 9.24. The van der Waals surface area contributed by atoms with Gasteiger partial charge in [0.1, 0.15) is 29.6 Å². The molecule has 3 aromatic heterocycles. The molecule has 0 bridgehead atoms. The largest absolute Gasteiger partial charge is 0.392 e. The number of benzene rings is 1. The van der Waals surface area contributed by atoms with Crippen LogP contribution in [0, 0.1) is 18.2 Å². The fourth-order valence-electron chi connectivity index (χ4n) is 3.42. The van der Waals surface area contributed by atoms with Crippen molar-refractivity contribution in [3.05, 3.63) is 94.0 Å². The highest BCUT2D eigenvalue weighted by atomic mass is 19.1. The number of halogens is 2. The normalized spacial score (nSPS) is 11.8. The van der Waals surface area contributed by atoms with Crippen molar-refractivity contribution in [1.29, 1.82) is 0 Å². The number of aromatic nitrogens is 3. The molecule has 0 radical (unpaired) electrons. The van der Waals surface area contributed by atoms with Gasteiger partial charge in [-0.3, -0.25) is 9.20 Å². The molecule has 0 fully saturated rings. The summed E-state index contributed by atoms with van der Waals surface area (Å²) in [4.78, 5) is 24.6. The number of nitrogens with one attached hydrogen (secondary N) is 1. The summed E-state index contributed by atoms with van der Waals surface area (Å²) in [5.41, 5.74) is 6.85. The van der Waals surface area contributed by atoms with Crippen molar-refractivity contribution in [2.24, 2.45) is 0 Å². The first-order chi connectivity index (χ1) is 14.9. The number of fused-ring (bicyclic) bond motifs is 1. The minimum absolute atomic E-state index is 0.0270. The molecule has 3 N–H and O–H groups in total. The predicted octanol–water partition coefficient (Wildman–Crippen LogP) is 4.34. The maximum atomic E-state index is 13.9. The number of pyridine rings is 2. The zero-order chi connectivity index (χ0) is 22.1. The average Bonchev–Trinajstić information content (AvgIpc) is 2.74. The van der Waals surface area contributed by atoms with Gasteiger partial charge in [0.15, 0.2) is 0 Å². The molecule has 154 valence electrons. The second-order valence-electron chi connectivity index (χ2n) is 6.87. The van der Waals surface area contributed by atoms with Crippen LogP contribution in [0.4, 0.5) is 26.1 Å². The van der Waals surface area contributed by atoms with E-state index >= 15 is 0 Å². The highest BCUT2D eigenvalue weighted by molar-refractivity contribution is 5.77. The lowest BCUT2D eigenvalue weighted by molar-refractivity contribution is 0.618. The molecule has 7 nitrogen and oxygen atoms in total. The van der Waals surface area contributed by atoms with Crippen molar-refractivity contribution < 1.29 is 8.78 Å². The molecule has 0 saturated heterocycles. The van der Waals surface area contributed by atoms with Gasteiger partial charge in [-0.05, 0) is 48.4 Å². The highest BCUT2D eigenvalue weighted by Crippen LogP contribution is 2.33. The summed E-state index contributed by atoms with van der Waals surface area (Å²) in [7, 11) is 0. The summed E-state index contributed by atoms with van der Waals surface area (Å²) in [6, 6.07) is 9.53. The van der Waals surface area contributed by atoms with E-state index in [9.17, 15) is 13.6 Å². The number of hydrogen-bond acceptors (Lipinski definition) is 5. The van der Waals surface area contributed by atoms with Crippen LogP contribution < -0.4 is 16.6 Å². The third-order valence-electron chi connectivity index (χ3n) is 4.86. The van der Waals surface area contributed by atoms with E-state index in [0.29, 0.717) is 16.6 Å². The minimum Gasteiger partial charge on any atom is -0.392 e. The fraction of sp³-hybridized carbons (Fsp3) is 0.0909. The molecule has 1 atom stereocenters. The number of rotatable bonds is 4. The van der Waals surface area contributed by atoms with Crippen LogP contribution in [-0.2, 0) is 0 Å². The molecule has 0 aliphatic heterocycles. The zero-order valence-electron chi connectivity index (χ0n) is 16.3. The Labute approximate surface area is 175 Å². The number of nitrogen functional groups attached to an aromatic ring is 1. The molecule has 4 rings (SSSR count). The molecule has 3 heterocycles. The summed E-state index contributed by atoms with van der Waals surface area (Å²) in [6.07, 6.45) is 2.31. The van der Waals surface area contributed by atoms with Crippen molar-refractivity contribution >= 4 is 22.8 Å². The van der Waals surface area contributed by atoms with Gasteiger partial charge in [-0.1, -0.05) is 12.1 Å². The van der Waals surface area contributed by atoms with Gasteiger partial charge in [0, 0.05) is 17.8 Å². The van der Waals surface area contributed by atoms with Crippen molar-refractivity contribution in [2.75, 3.05) is 11.1 Å². The molecule has 9 heteroatoms. The maximum absolute atomic E-state index is 13.9. The number of anilines is 2. The SMILES string of the molecule is [C-]#[N+]c1c(N)ncnc1N[C@H](C)c1cc2ccc(F)cn2c(=O)c1-c1cccc(F)c1. The standard InChI is InChI=1S/C22H16F2N6O/c1-12(29-21-19(26-2)20(25)27-11-28-21)17-9-16-7-6-15(24)10-30(16)22(31)18(17)13-4-3-5-14(23)8-13/h3-12H,1H3,(H3,25,27,28,29)/t12-/m1/s1. The monoisotopic (exact) mass is 418 g/mol. The summed E-state index contributed by atoms with van der Waals surface area (Å²) in [5, 5.41) is 3.09. The average molecular weight is 418 g/mol. The Bertz CT molecular complexity index is 1410. The molecular formula is C22H16F2N6O. The van der Waals surface area contributed by atoms with Gasteiger partial charge >= 0.3 is 0 Å². The van der Waals surface area contributed by atoms with Gasteiger partial charge in [-0.25, -0.2) is 23.6 Å². The minimum atomic E-state index is -0.572. The van der Waals surface area contributed by atoms with Gasteiger partial charge in [-0.15, -0.1) is 0 Å². The van der Waals surface area contributed by atoms with E-state index in [0.717, 1.165) is 6.20 Å². The summed E-state index contributed by atoms with van der Waals surface area (Å²) in [5.74, 6) is -0.845. The Morgan fingerprint density at radius 1 is 1.16 bits per heavy atom. The first-order valence-corrected chi connectivity index (χ1v) is 9.24. The third kappa shape index (κ3) is 3.67. The quantitative estimate of drug-likeness (QED) is 0.481. The topological polar surface area (TPSA) is 89.7 Å². The van der Waals surface area contributed by atoms with Crippen LogP contribution in [0.5, 0.6) is 0 Å². The Hall–Kier alpha value is -4.32. The Morgan fingerprint density at radius 3 is 2.71 bits per heavy atom. The predicted molar refractivity (Wildman–Crippen MR) is 114 cm³/mol. The van der Waals surface area contributed by atoms with E-state index in [1.165, 1.54) is 41.1 Å². The first kappa shape index (κ1) is 20.0. The molecule has 0 saturated carbocycles. The van der Waals surface area contributed by atoms with Gasteiger partial charge in [0.2, 0.25) is 0 Å². The maximum Gasteiger partial charge on any atom is 0.268 e. The van der Waals surface area contributed by atoms with Crippen molar-refractivity contribution in [3.8, 4) is 11.1 Å². The lowest BCUT2D eigenvalue weighted by Gasteiger charge is -2.20. The molecule has 31 heavy (non-hydrogen) atoms. The van der Waals surface area contributed by atoms with Crippen LogP contribution in [0.1, 0.15) is 18.5 Å². The van der Waals surface area contributed by atoms with Crippen LogP contribution in [0.25, 0.3) is 21.5 Å². The Kier molecular flexibility index (Phi) is 5.05. The smallest absolute Gasteiger partial charge is 0.268 e. The molecule has 0 unspecified atom stereocenters. The number of nitrogens with two attached hydrogens (primary N) is 1. The van der Waals surface area contributed by atoms with Crippen LogP contribution in [0.2, 0.25) is 0 Å². The number of nitrogens with zero attached hydrogens (tertiary/aromatic N) is 4. The Balaban J connectivity index is 1.93.